The number of benzene rings is 3. The number of unbranched alkanes of at least 4 members (excludes halogenated alkanes) is 1. The minimum atomic E-state index is -0.444. The van der Waals surface area contributed by atoms with Gasteiger partial charge in [-0.05, 0) is 67.3 Å². The number of phenols is 1. The Morgan fingerprint density at radius 1 is 0.939 bits per heavy atom. The maximum Gasteiger partial charge on any atom is 0.283 e. The fourth-order valence-corrected chi connectivity index (χ4v) is 4.58. The fraction of sp³-hybridized carbons (Fsp3) is 0.185. The molecule has 0 atom stereocenters. The van der Waals surface area contributed by atoms with E-state index in [9.17, 15) is 14.7 Å². The average molecular weight is 459 g/mol. The summed E-state index contributed by atoms with van der Waals surface area (Å²) >= 11 is 1.24. The second kappa shape index (κ2) is 9.96. The van der Waals surface area contributed by atoms with Crippen LogP contribution in [-0.4, -0.2) is 16.9 Å². The SMILES string of the molecule is CCCCc1ccc(N2C(=O)C(Nc3cc(C)ccc3O)=C(Sc3ccccc3)C2=O)cc1. The van der Waals surface area contributed by atoms with Crippen molar-refractivity contribution in [1.82, 2.24) is 0 Å². The zero-order valence-corrected chi connectivity index (χ0v) is 19.5. The molecule has 0 saturated heterocycles. The third kappa shape index (κ3) is 4.96. The molecular formula is C27H26N2O3S. The van der Waals surface area contributed by atoms with Crippen LogP contribution in [0.3, 0.4) is 0 Å². The van der Waals surface area contributed by atoms with Crippen LogP contribution in [0.5, 0.6) is 5.75 Å². The molecule has 0 aromatic heterocycles. The van der Waals surface area contributed by atoms with Gasteiger partial charge < -0.3 is 10.4 Å². The van der Waals surface area contributed by atoms with Crippen molar-refractivity contribution < 1.29 is 14.7 Å². The van der Waals surface area contributed by atoms with E-state index in [-0.39, 0.29) is 17.4 Å². The van der Waals surface area contributed by atoms with E-state index in [2.05, 4.69) is 12.2 Å². The maximum atomic E-state index is 13.5. The van der Waals surface area contributed by atoms with Gasteiger partial charge in [0.05, 0.1) is 11.4 Å². The Morgan fingerprint density at radius 2 is 1.67 bits per heavy atom. The van der Waals surface area contributed by atoms with E-state index in [4.69, 9.17) is 0 Å². The van der Waals surface area contributed by atoms with Crippen LogP contribution in [0.15, 0.2) is 88.3 Å². The predicted molar refractivity (Wildman–Crippen MR) is 133 cm³/mol. The second-order valence-electron chi connectivity index (χ2n) is 7.98. The van der Waals surface area contributed by atoms with E-state index in [0.717, 1.165) is 29.7 Å². The van der Waals surface area contributed by atoms with Gasteiger partial charge in [-0.25, -0.2) is 4.90 Å². The highest BCUT2D eigenvalue weighted by Gasteiger charge is 2.40. The van der Waals surface area contributed by atoms with E-state index in [1.54, 1.807) is 18.2 Å². The molecule has 0 unspecified atom stereocenters. The van der Waals surface area contributed by atoms with Gasteiger partial charge in [-0.3, -0.25) is 9.59 Å². The molecule has 2 N–H and O–H groups in total. The smallest absolute Gasteiger partial charge is 0.283 e. The van der Waals surface area contributed by atoms with Crippen molar-refractivity contribution in [3.05, 3.63) is 94.5 Å². The number of carbonyl (C=O) groups is 2. The van der Waals surface area contributed by atoms with Gasteiger partial charge in [0.15, 0.2) is 0 Å². The molecule has 168 valence electrons. The van der Waals surface area contributed by atoms with Crippen molar-refractivity contribution in [2.45, 2.75) is 38.0 Å². The Bertz CT molecular complexity index is 1200. The largest absolute Gasteiger partial charge is 0.506 e. The number of nitrogens with one attached hydrogen (secondary N) is 1. The van der Waals surface area contributed by atoms with Crippen LogP contribution >= 0.6 is 11.8 Å². The lowest BCUT2D eigenvalue weighted by atomic mass is 10.1. The molecule has 1 heterocycles. The topological polar surface area (TPSA) is 69.6 Å². The number of imide groups is 1. The summed E-state index contributed by atoms with van der Waals surface area (Å²) in [5, 5.41) is 13.3. The van der Waals surface area contributed by atoms with Gasteiger partial charge in [0.25, 0.3) is 11.8 Å². The Balaban J connectivity index is 1.70. The number of rotatable bonds is 8. The minimum absolute atomic E-state index is 0.0103. The van der Waals surface area contributed by atoms with Crippen LogP contribution in [0.25, 0.3) is 0 Å². The minimum Gasteiger partial charge on any atom is -0.506 e. The average Bonchev–Trinajstić information content (AvgIpc) is 3.05. The number of carbonyl (C=O) groups excluding carboxylic acids is 2. The molecule has 2 amide bonds. The summed E-state index contributed by atoms with van der Waals surface area (Å²) in [4.78, 5) is 29.3. The molecule has 33 heavy (non-hydrogen) atoms. The first-order valence-electron chi connectivity index (χ1n) is 11.0. The molecule has 0 saturated carbocycles. The standard InChI is InChI=1S/C27H26N2O3S/c1-3-4-8-19-12-14-20(15-13-19)29-26(31)24(28-22-17-18(2)11-16-23(22)30)25(27(29)32)33-21-9-6-5-7-10-21/h5-7,9-17,28,30H,3-4,8H2,1-2H3. The molecule has 4 rings (SSSR count). The van der Waals surface area contributed by atoms with E-state index < -0.39 is 5.91 Å². The van der Waals surface area contributed by atoms with Crippen LogP contribution in [0.2, 0.25) is 0 Å². The van der Waals surface area contributed by atoms with Crippen molar-refractivity contribution >= 4 is 35.0 Å². The molecule has 3 aromatic carbocycles. The summed E-state index contributed by atoms with van der Waals surface area (Å²) in [5.41, 5.74) is 3.17. The Morgan fingerprint density at radius 3 is 2.36 bits per heavy atom. The normalized spacial score (nSPS) is 13.7. The summed E-state index contributed by atoms with van der Waals surface area (Å²) in [5.74, 6) is -0.818. The number of aryl methyl sites for hydroxylation is 2. The van der Waals surface area contributed by atoms with Gasteiger partial charge in [0.2, 0.25) is 0 Å². The summed E-state index contributed by atoms with van der Waals surface area (Å²) in [6.45, 7) is 4.04. The molecule has 5 nitrogen and oxygen atoms in total. The van der Waals surface area contributed by atoms with Crippen LogP contribution in [-0.2, 0) is 16.0 Å². The first-order valence-corrected chi connectivity index (χ1v) is 11.8. The number of anilines is 2. The number of aromatic hydroxyl groups is 1. The lowest BCUT2D eigenvalue weighted by Crippen LogP contribution is -2.32. The lowest BCUT2D eigenvalue weighted by Gasteiger charge is -2.16. The molecule has 6 heteroatoms. The lowest BCUT2D eigenvalue weighted by molar-refractivity contribution is -0.120. The van der Waals surface area contributed by atoms with Crippen molar-refractivity contribution in [3.63, 3.8) is 0 Å². The summed E-state index contributed by atoms with van der Waals surface area (Å²) < 4.78 is 0. The number of phenolic OH excluding ortho intramolecular Hbond substituents is 1. The first-order chi connectivity index (χ1) is 16.0. The first kappa shape index (κ1) is 22.7. The highest BCUT2D eigenvalue weighted by atomic mass is 32.2. The quantitative estimate of drug-likeness (QED) is 0.318. The van der Waals surface area contributed by atoms with Gasteiger partial charge in [-0.2, -0.15) is 0 Å². The van der Waals surface area contributed by atoms with Gasteiger partial charge in [-0.15, -0.1) is 0 Å². The summed E-state index contributed by atoms with van der Waals surface area (Å²) in [7, 11) is 0. The fourth-order valence-electron chi connectivity index (χ4n) is 3.63. The van der Waals surface area contributed by atoms with Crippen LogP contribution < -0.4 is 10.2 Å². The summed E-state index contributed by atoms with van der Waals surface area (Å²) in [6, 6.07) is 22.1. The molecule has 1 aliphatic rings. The zero-order valence-electron chi connectivity index (χ0n) is 18.7. The van der Waals surface area contributed by atoms with Crippen molar-refractivity contribution in [3.8, 4) is 5.75 Å². The predicted octanol–water partition coefficient (Wildman–Crippen LogP) is 6.03. The zero-order chi connectivity index (χ0) is 23.4. The summed E-state index contributed by atoms with van der Waals surface area (Å²) in [6.07, 6.45) is 3.16. The molecule has 0 aliphatic carbocycles. The highest BCUT2D eigenvalue weighted by molar-refractivity contribution is 8.04. The molecular weight excluding hydrogens is 432 g/mol. The van der Waals surface area contributed by atoms with Crippen LogP contribution in [0, 0.1) is 6.92 Å². The maximum absolute atomic E-state index is 13.5. The molecule has 0 radical (unpaired) electrons. The molecule has 3 aromatic rings. The third-order valence-electron chi connectivity index (χ3n) is 5.43. The monoisotopic (exact) mass is 458 g/mol. The van der Waals surface area contributed by atoms with Gasteiger partial charge in [-0.1, -0.05) is 61.5 Å². The Kier molecular flexibility index (Phi) is 6.84. The molecule has 0 bridgehead atoms. The second-order valence-corrected chi connectivity index (χ2v) is 9.06. The van der Waals surface area contributed by atoms with E-state index in [1.807, 2.05) is 61.5 Å². The Labute approximate surface area is 198 Å². The third-order valence-corrected chi connectivity index (χ3v) is 6.52. The van der Waals surface area contributed by atoms with Gasteiger partial charge in [0, 0.05) is 4.90 Å². The number of nitrogens with zero attached hydrogens (tertiary/aromatic N) is 1. The number of amides is 2. The van der Waals surface area contributed by atoms with E-state index in [1.165, 1.54) is 22.2 Å². The molecule has 1 aliphatic heterocycles. The van der Waals surface area contributed by atoms with Crippen LogP contribution in [0.4, 0.5) is 11.4 Å². The molecule has 0 spiro atoms. The highest BCUT2D eigenvalue weighted by Crippen LogP contribution is 2.39. The number of hydrogen-bond acceptors (Lipinski definition) is 5. The number of hydrogen-bond donors (Lipinski definition) is 2. The van der Waals surface area contributed by atoms with Crippen molar-refractivity contribution in [2.24, 2.45) is 0 Å². The van der Waals surface area contributed by atoms with Gasteiger partial charge >= 0.3 is 0 Å². The molecule has 0 fully saturated rings. The van der Waals surface area contributed by atoms with Crippen molar-refractivity contribution in [2.75, 3.05) is 10.2 Å². The van der Waals surface area contributed by atoms with E-state index in [0.29, 0.717) is 16.3 Å². The van der Waals surface area contributed by atoms with Gasteiger partial charge in [0.1, 0.15) is 16.4 Å². The van der Waals surface area contributed by atoms with E-state index >= 15 is 0 Å². The van der Waals surface area contributed by atoms with Crippen molar-refractivity contribution in [1.29, 1.82) is 0 Å². The number of thioether (sulfide) groups is 1. The Hall–Kier alpha value is -3.51. The van der Waals surface area contributed by atoms with Crippen LogP contribution in [0.1, 0.15) is 30.9 Å².